The predicted molar refractivity (Wildman–Crippen MR) is 133 cm³/mol. The number of nitrogens with zero attached hydrogens (tertiary/aromatic N) is 1. The van der Waals surface area contributed by atoms with Crippen molar-refractivity contribution in [2.45, 2.75) is 31.5 Å². The summed E-state index contributed by atoms with van der Waals surface area (Å²) in [5.41, 5.74) is -2.01. The molecule has 0 aromatic heterocycles. The van der Waals surface area contributed by atoms with Crippen molar-refractivity contribution >= 4 is 43.7 Å². The number of esters is 1. The van der Waals surface area contributed by atoms with E-state index in [1.165, 1.54) is 4.90 Å². The minimum Gasteiger partial charge on any atom is -0.425 e. The standard InChI is InChI=1S/C27H21Br2NO4/c1-2-25-22-20-14-19(29)12-13-21(20)34-24(32)26(22,25)23(31)30(15-16-6-4-3-5-7-16)27(25,33)17-8-10-18(28)11-9-17/h3-14,22,33H,2,15H2,1H3/t22-,25-,26-,27?/m0/s1. The molecule has 4 atom stereocenters. The number of fused-ring (bicyclic) bond motifs is 3. The molecule has 2 fully saturated rings. The van der Waals surface area contributed by atoms with Gasteiger partial charge in [-0.3, -0.25) is 9.59 Å². The number of aliphatic hydroxyl groups is 1. The van der Waals surface area contributed by atoms with E-state index in [1.54, 1.807) is 6.07 Å². The summed E-state index contributed by atoms with van der Waals surface area (Å²) >= 11 is 6.98. The molecule has 3 aliphatic rings. The smallest absolute Gasteiger partial charge is 0.328 e. The maximum absolute atomic E-state index is 14.3. The van der Waals surface area contributed by atoms with Gasteiger partial charge in [-0.05, 0) is 42.3 Å². The number of likely N-dealkylation sites (tertiary alicyclic amines) is 1. The number of hydrogen-bond donors (Lipinski definition) is 1. The van der Waals surface area contributed by atoms with Gasteiger partial charge in [-0.15, -0.1) is 0 Å². The van der Waals surface area contributed by atoms with Crippen molar-refractivity contribution in [3.8, 4) is 5.75 Å². The SMILES string of the molecule is CC[C@]12[C@@H]3c4cc(Br)ccc4OC(=O)[C@@]31C(=O)N(Cc1ccccc1)C2(O)c1ccc(Br)cc1. The Morgan fingerprint density at radius 2 is 1.65 bits per heavy atom. The monoisotopic (exact) mass is 581 g/mol. The third-order valence-electron chi connectivity index (χ3n) is 7.94. The highest BCUT2D eigenvalue weighted by Crippen LogP contribution is 2.88. The fourth-order valence-corrected chi connectivity index (χ4v) is 7.25. The number of amides is 1. The van der Waals surface area contributed by atoms with Gasteiger partial charge in [0, 0.05) is 32.5 Å². The minimum absolute atomic E-state index is 0.182. The fraction of sp³-hybridized carbons (Fsp3) is 0.259. The van der Waals surface area contributed by atoms with Crippen LogP contribution in [0.25, 0.3) is 0 Å². The molecule has 2 heterocycles. The Morgan fingerprint density at radius 1 is 0.971 bits per heavy atom. The lowest BCUT2D eigenvalue weighted by Gasteiger charge is -2.42. The maximum atomic E-state index is 14.3. The van der Waals surface area contributed by atoms with E-state index in [2.05, 4.69) is 31.9 Å². The van der Waals surface area contributed by atoms with Crippen molar-refractivity contribution in [2.75, 3.05) is 0 Å². The van der Waals surface area contributed by atoms with Crippen LogP contribution >= 0.6 is 31.9 Å². The molecule has 172 valence electrons. The van der Waals surface area contributed by atoms with Gasteiger partial charge in [0.2, 0.25) is 5.91 Å². The number of carbonyl (C=O) groups excluding carboxylic acids is 2. The number of hydrogen-bond acceptors (Lipinski definition) is 4. The summed E-state index contributed by atoms with van der Waals surface area (Å²) in [6, 6.07) is 22.3. The molecule has 0 bridgehead atoms. The summed E-state index contributed by atoms with van der Waals surface area (Å²) < 4.78 is 7.46. The van der Waals surface area contributed by atoms with Gasteiger partial charge in [0.15, 0.2) is 11.1 Å². The Hall–Kier alpha value is -2.48. The zero-order chi connectivity index (χ0) is 23.9. The Bertz CT molecular complexity index is 1340. The first kappa shape index (κ1) is 22.0. The van der Waals surface area contributed by atoms with E-state index in [4.69, 9.17) is 4.74 Å². The number of piperidine rings is 1. The average molecular weight is 583 g/mol. The number of halogens is 2. The van der Waals surface area contributed by atoms with Crippen LogP contribution in [0.2, 0.25) is 0 Å². The number of ether oxygens (including phenoxy) is 1. The summed E-state index contributed by atoms with van der Waals surface area (Å²) in [5.74, 6) is -0.993. The highest BCUT2D eigenvalue weighted by atomic mass is 79.9. The van der Waals surface area contributed by atoms with Crippen molar-refractivity contribution < 1.29 is 19.4 Å². The van der Waals surface area contributed by atoms with Gasteiger partial charge in [-0.2, -0.15) is 0 Å². The Morgan fingerprint density at radius 3 is 2.32 bits per heavy atom. The van der Waals surface area contributed by atoms with Gasteiger partial charge in [0.1, 0.15) is 5.75 Å². The number of rotatable bonds is 4. The largest absolute Gasteiger partial charge is 0.425 e. The minimum atomic E-state index is -1.71. The van der Waals surface area contributed by atoms with Gasteiger partial charge in [-0.1, -0.05) is 81.2 Å². The summed E-state index contributed by atoms with van der Waals surface area (Å²) in [4.78, 5) is 29.4. The zero-order valence-electron chi connectivity index (χ0n) is 18.3. The number of benzene rings is 3. The van der Waals surface area contributed by atoms with Crippen molar-refractivity contribution in [1.82, 2.24) is 4.90 Å². The molecule has 1 unspecified atom stereocenters. The van der Waals surface area contributed by atoms with Crippen molar-refractivity contribution in [3.63, 3.8) is 0 Å². The van der Waals surface area contributed by atoms with Crippen LogP contribution in [-0.4, -0.2) is 21.9 Å². The van der Waals surface area contributed by atoms with Crippen LogP contribution in [0.1, 0.15) is 36.0 Å². The Kier molecular flexibility index (Phi) is 4.70. The molecule has 1 N–H and O–H groups in total. The second-order valence-electron chi connectivity index (χ2n) is 9.19. The van der Waals surface area contributed by atoms with Gasteiger partial charge >= 0.3 is 5.97 Å². The lowest BCUT2D eigenvalue weighted by molar-refractivity contribution is -0.172. The molecular formula is C27H21Br2NO4. The first-order valence-electron chi connectivity index (χ1n) is 11.2. The molecule has 5 nitrogen and oxygen atoms in total. The van der Waals surface area contributed by atoms with Crippen LogP contribution in [0, 0.1) is 10.8 Å². The van der Waals surface area contributed by atoms with Gasteiger partial charge in [0.25, 0.3) is 0 Å². The predicted octanol–water partition coefficient (Wildman–Crippen LogP) is 5.50. The third kappa shape index (κ3) is 2.42. The summed E-state index contributed by atoms with van der Waals surface area (Å²) in [6.45, 7) is 2.12. The van der Waals surface area contributed by atoms with Crippen molar-refractivity contribution in [3.05, 3.63) is 98.4 Å². The maximum Gasteiger partial charge on any atom is 0.328 e. The average Bonchev–Trinajstić information content (AvgIpc) is 3.46. The lowest BCUT2D eigenvalue weighted by Crippen LogP contribution is -2.51. The third-order valence-corrected chi connectivity index (χ3v) is 8.96. The molecule has 1 aliphatic carbocycles. The molecule has 1 saturated carbocycles. The van der Waals surface area contributed by atoms with Crippen LogP contribution < -0.4 is 4.74 Å². The topological polar surface area (TPSA) is 66.8 Å². The molecular weight excluding hydrogens is 562 g/mol. The molecule has 0 radical (unpaired) electrons. The van der Waals surface area contributed by atoms with Crippen LogP contribution in [0.3, 0.4) is 0 Å². The van der Waals surface area contributed by atoms with Crippen LogP contribution in [0.15, 0.2) is 81.7 Å². The Balaban J connectivity index is 1.61. The molecule has 3 aromatic rings. The van der Waals surface area contributed by atoms with E-state index < -0.39 is 28.4 Å². The first-order valence-corrected chi connectivity index (χ1v) is 12.8. The second kappa shape index (κ2) is 7.26. The normalized spacial score (nSPS) is 30.9. The van der Waals surface area contributed by atoms with Gasteiger partial charge < -0.3 is 14.7 Å². The lowest BCUT2D eigenvalue weighted by atomic mass is 9.79. The molecule has 1 amide bonds. The van der Waals surface area contributed by atoms with Crippen LogP contribution in [0.5, 0.6) is 5.75 Å². The molecule has 1 saturated heterocycles. The molecule has 34 heavy (non-hydrogen) atoms. The highest BCUT2D eigenvalue weighted by molar-refractivity contribution is 9.10. The van der Waals surface area contributed by atoms with Gasteiger partial charge in [0.05, 0.1) is 5.41 Å². The van der Waals surface area contributed by atoms with Crippen LogP contribution in [0.4, 0.5) is 0 Å². The van der Waals surface area contributed by atoms with Crippen LogP contribution in [-0.2, 0) is 21.9 Å². The Labute approximate surface area is 214 Å². The number of carbonyl (C=O) groups is 2. The first-order chi connectivity index (χ1) is 16.3. The van der Waals surface area contributed by atoms with E-state index >= 15 is 0 Å². The zero-order valence-corrected chi connectivity index (χ0v) is 21.5. The van der Waals surface area contributed by atoms with E-state index in [1.807, 2.05) is 73.7 Å². The molecule has 1 spiro atoms. The molecule has 3 aromatic carbocycles. The highest BCUT2D eigenvalue weighted by Gasteiger charge is 2.97. The van der Waals surface area contributed by atoms with Crippen molar-refractivity contribution in [1.29, 1.82) is 0 Å². The van der Waals surface area contributed by atoms with E-state index in [9.17, 15) is 14.7 Å². The van der Waals surface area contributed by atoms with E-state index in [-0.39, 0.29) is 12.5 Å². The fourth-order valence-electron chi connectivity index (χ4n) is 6.61. The molecule has 2 aliphatic heterocycles. The molecule has 6 rings (SSSR count). The molecule has 7 heteroatoms. The van der Waals surface area contributed by atoms with E-state index in [0.29, 0.717) is 17.7 Å². The second-order valence-corrected chi connectivity index (χ2v) is 11.0. The summed E-state index contributed by atoms with van der Waals surface area (Å²) in [7, 11) is 0. The summed E-state index contributed by atoms with van der Waals surface area (Å²) in [6.07, 6.45) is 0.419. The van der Waals surface area contributed by atoms with Gasteiger partial charge in [-0.25, -0.2) is 0 Å². The van der Waals surface area contributed by atoms with E-state index in [0.717, 1.165) is 20.1 Å². The quantitative estimate of drug-likeness (QED) is 0.251. The summed E-state index contributed by atoms with van der Waals surface area (Å²) in [5, 5.41) is 12.7. The van der Waals surface area contributed by atoms with Crippen molar-refractivity contribution in [2.24, 2.45) is 10.8 Å².